The van der Waals surface area contributed by atoms with Gasteiger partial charge in [-0.1, -0.05) is 38.1 Å². The zero-order valence-electron chi connectivity index (χ0n) is 11.4. The number of rotatable bonds is 5. The van der Waals surface area contributed by atoms with Crippen molar-refractivity contribution in [2.24, 2.45) is 7.05 Å². The van der Waals surface area contributed by atoms with Crippen molar-refractivity contribution in [3.8, 4) is 0 Å². The minimum atomic E-state index is 0.221. The van der Waals surface area contributed by atoms with E-state index in [0.29, 0.717) is 0 Å². The second-order valence-electron chi connectivity index (χ2n) is 4.42. The maximum Gasteiger partial charge on any atom is 0.0750 e. The summed E-state index contributed by atoms with van der Waals surface area (Å²) in [4.78, 5) is 0. The van der Waals surface area contributed by atoms with Crippen LogP contribution in [0.25, 0.3) is 0 Å². The van der Waals surface area contributed by atoms with Gasteiger partial charge in [-0.25, -0.2) is 0 Å². The Bertz CT molecular complexity index is 502. The standard InChI is InChI=1S/C15H21N3/c1-4-12-8-6-7-9-13(12)15(16-5-2)14-10-11-17-18(14)3/h6-11,15-16H,4-5H2,1-3H3. The molecule has 1 aromatic carbocycles. The summed E-state index contributed by atoms with van der Waals surface area (Å²) < 4.78 is 1.94. The second-order valence-corrected chi connectivity index (χ2v) is 4.42. The van der Waals surface area contributed by atoms with Crippen LogP contribution in [0.2, 0.25) is 0 Å². The molecular weight excluding hydrogens is 222 g/mol. The van der Waals surface area contributed by atoms with Gasteiger partial charge >= 0.3 is 0 Å². The molecule has 0 radical (unpaired) electrons. The number of nitrogens with one attached hydrogen (secondary N) is 1. The Hall–Kier alpha value is -1.61. The molecule has 0 spiro atoms. The fourth-order valence-corrected chi connectivity index (χ4v) is 2.38. The summed E-state index contributed by atoms with van der Waals surface area (Å²) in [6, 6.07) is 10.9. The number of aryl methyl sites for hydroxylation is 2. The van der Waals surface area contributed by atoms with Crippen molar-refractivity contribution >= 4 is 0 Å². The molecule has 1 aromatic heterocycles. The van der Waals surface area contributed by atoms with Gasteiger partial charge in [0.2, 0.25) is 0 Å². The first-order valence-electron chi connectivity index (χ1n) is 6.57. The zero-order valence-corrected chi connectivity index (χ0v) is 11.4. The van der Waals surface area contributed by atoms with E-state index in [2.05, 4.69) is 54.6 Å². The van der Waals surface area contributed by atoms with Gasteiger partial charge in [0.05, 0.1) is 11.7 Å². The molecule has 1 N–H and O–H groups in total. The number of benzene rings is 1. The van der Waals surface area contributed by atoms with Crippen molar-refractivity contribution in [3.63, 3.8) is 0 Å². The van der Waals surface area contributed by atoms with Crippen molar-refractivity contribution in [1.29, 1.82) is 0 Å². The van der Waals surface area contributed by atoms with Crippen LogP contribution in [-0.4, -0.2) is 16.3 Å². The van der Waals surface area contributed by atoms with Crippen LogP contribution in [-0.2, 0) is 13.5 Å². The third kappa shape index (κ3) is 2.46. The molecule has 0 aliphatic rings. The minimum Gasteiger partial charge on any atom is -0.305 e. The third-order valence-electron chi connectivity index (χ3n) is 3.31. The Morgan fingerprint density at radius 2 is 2.00 bits per heavy atom. The van der Waals surface area contributed by atoms with E-state index in [0.717, 1.165) is 13.0 Å². The molecule has 0 saturated carbocycles. The Labute approximate surface area is 109 Å². The normalized spacial score (nSPS) is 12.6. The highest BCUT2D eigenvalue weighted by atomic mass is 15.3. The fraction of sp³-hybridized carbons (Fsp3) is 0.400. The van der Waals surface area contributed by atoms with Crippen LogP contribution in [0, 0.1) is 0 Å². The Kier molecular flexibility index (Phi) is 4.15. The molecule has 18 heavy (non-hydrogen) atoms. The van der Waals surface area contributed by atoms with Crippen molar-refractivity contribution in [2.45, 2.75) is 26.3 Å². The Balaban J connectivity index is 2.45. The van der Waals surface area contributed by atoms with Gasteiger partial charge in [-0.15, -0.1) is 0 Å². The first-order chi connectivity index (χ1) is 8.77. The highest BCUT2D eigenvalue weighted by Crippen LogP contribution is 2.24. The second kappa shape index (κ2) is 5.83. The summed E-state index contributed by atoms with van der Waals surface area (Å²) in [5.41, 5.74) is 3.95. The molecular formula is C15H21N3. The van der Waals surface area contributed by atoms with Crippen LogP contribution in [0.4, 0.5) is 0 Å². The van der Waals surface area contributed by atoms with Crippen LogP contribution in [0.1, 0.15) is 36.7 Å². The average molecular weight is 243 g/mol. The minimum absolute atomic E-state index is 0.221. The molecule has 2 aromatic rings. The van der Waals surface area contributed by atoms with Crippen molar-refractivity contribution in [1.82, 2.24) is 15.1 Å². The van der Waals surface area contributed by atoms with E-state index in [-0.39, 0.29) is 6.04 Å². The quantitative estimate of drug-likeness (QED) is 0.875. The largest absolute Gasteiger partial charge is 0.305 e. The lowest BCUT2D eigenvalue weighted by Crippen LogP contribution is -2.25. The first-order valence-corrected chi connectivity index (χ1v) is 6.57. The summed E-state index contributed by atoms with van der Waals surface area (Å²) in [7, 11) is 1.99. The van der Waals surface area contributed by atoms with Gasteiger partial charge in [-0.05, 0) is 30.2 Å². The number of aromatic nitrogens is 2. The van der Waals surface area contributed by atoms with Crippen molar-refractivity contribution in [3.05, 3.63) is 53.3 Å². The Morgan fingerprint density at radius 3 is 2.61 bits per heavy atom. The SMILES string of the molecule is CCNC(c1ccccc1CC)c1ccnn1C. The molecule has 0 amide bonds. The summed E-state index contributed by atoms with van der Waals surface area (Å²) in [6.45, 7) is 5.27. The lowest BCUT2D eigenvalue weighted by molar-refractivity contribution is 0.569. The lowest BCUT2D eigenvalue weighted by Gasteiger charge is -2.21. The van der Waals surface area contributed by atoms with Gasteiger partial charge < -0.3 is 5.32 Å². The number of nitrogens with zero attached hydrogens (tertiary/aromatic N) is 2. The van der Waals surface area contributed by atoms with E-state index in [1.165, 1.54) is 16.8 Å². The highest BCUT2D eigenvalue weighted by molar-refractivity contribution is 5.35. The molecule has 0 aliphatic heterocycles. The zero-order chi connectivity index (χ0) is 13.0. The topological polar surface area (TPSA) is 29.9 Å². The molecule has 0 bridgehead atoms. The van der Waals surface area contributed by atoms with Crippen LogP contribution in [0.5, 0.6) is 0 Å². The van der Waals surface area contributed by atoms with Crippen LogP contribution >= 0.6 is 0 Å². The van der Waals surface area contributed by atoms with Gasteiger partial charge in [0.1, 0.15) is 0 Å². The summed E-state index contributed by atoms with van der Waals surface area (Å²) in [6.07, 6.45) is 2.91. The van der Waals surface area contributed by atoms with Crippen LogP contribution in [0.3, 0.4) is 0 Å². The molecule has 3 nitrogen and oxygen atoms in total. The Morgan fingerprint density at radius 1 is 1.22 bits per heavy atom. The highest BCUT2D eigenvalue weighted by Gasteiger charge is 2.18. The van der Waals surface area contributed by atoms with Gasteiger partial charge in [0.25, 0.3) is 0 Å². The average Bonchev–Trinajstić information content (AvgIpc) is 2.82. The molecule has 0 fully saturated rings. The molecule has 0 saturated heterocycles. The van der Waals surface area contributed by atoms with Gasteiger partial charge in [-0.2, -0.15) is 5.10 Å². The molecule has 2 rings (SSSR count). The maximum atomic E-state index is 4.28. The molecule has 96 valence electrons. The van der Waals surface area contributed by atoms with Gasteiger partial charge in [0.15, 0.2) is 0 Å². The number of hydrogen-bond donors (Lipinski definition) is 1. The summed E-state index contributed by atoms with van der Waals surface area (Å²) in [5.74, 6) is 0. The maximum absolute atomic E-state index is 4.28. The molecule has 3 heteroatoms. The smallest absolute Gasteiger partial charge is 0.0750 e. The van der Waals surface area contributed by atoms with Crippen molar-refractivity contribution in [2.75, 3.05) is 6.54 Å². The van der Waals surface area contributed by atoms with E-state index in [1.54, 1.807) is 0 Å². The third-order valence-corrected chi connectivity index (χ3v) is 3.31. The van der Waals surface area contributed by atoms with Crippen LogP contribution in [0.15, 0.2) is 36.5 Å². The predicted octanol–water partition coefficient (Wildman–Crippen LogP) is 2.68. The van der Waals surface area contributed by atoms with Crippen molar-refractivity contribution < 1.29 is 0 Å². The van der Waals surface area contributed by atoms with Gasteiger partial charge in [-0.3, -0.25) is 4.68 Å². The predicted molar refractivity (Wildman–Crippen MR) is 74.5 cm³/mol. The molecule has 0 aliphatic carbocycles. The molecule has 1 heterocycles. The van der Waals surface area contributed by atoms with E-state index < -0.39 is 0 Å². The lowest BCUT2D eigenvalue weighted by atomic mass is 9.96. The van der Waals surface area contributed by atoms with E-state index in [4.69, 9.17) is 0 Å². The number of hydrogen-bond acceptors (Lipinski definition) is 2. The summed E-state index contributed by atoms with van der Waals surface area (Å²) in [5, 5.41) is 7.83. The van der Waals surface area contributed by atoms with Gasteiger partial charge in [0, 0.05) is 13.2 Å². The first kappa shape index (κ1) is 12.8. The van der Waals surface area contributed by atoms with E-state index >= 15 is 0 Å². The fourth-order valence-electron chi connectivity index (χ4n) is 2.38. The van der Waals surface area contributed by atoms with Crippen LogP contribution < -0.4 is 5.32 Å². The van der Waals surface area contributed by atoms with E-state index in [9.17, 15) is 0 Å². The molecule has 1 unspecified atom stereocenters. The summed E-state index contributed by atoms with van der Waals surface area (Å²) >= 11 is 0. The molecule has 1 atom stereocenters. The van der Waals surface area contributed by atoms with E-state index in [1.807, 2.05) is 17.9 Å². The monoisotopic (exact) mass is 243 g/mol.